The Morgan fingerprint density at radius 1 is 1.53 bits per heavy atom. The molecule has 0 saturated carbocycles. The van der Waals surface area contributed by atoms with Crippen LogP contribution in [-0.4, -0.2) is 15.0 Å². The van der Waals surface area contributed by atoms with Crippen LogP contribution in [0.5, 0.6) is 5.75 Å². The molecule has 1 aromatic rings. The van der Waals surface area contributed by atoms with Crippen LogP contribution >= 0.6 is 0 Å². The van der Waals surface area contributed by atoms with E-state index >= 15 is 0 Å². The highest BCUT2D eigenvalue weighted by molar-refractivity contribution is 7.86. The first-order valence-electron chi connectivity index (χ1n) is 4.10. The van der Waals surface area contributed by atoms with Crippen molar-refractivity contribution in [1.29, 1.82) is 5.26 Å². The average Bonchev–Trinajstić information content (AvgIpc) is 2.17. The lowest BCUT2D eigenvalue weighted by Gasteiger charge is -2.05. The zero-order valence-corrected chi connectivity index (χ0v) is 8.71. The van der Waals surface area contributed by atoms with Gasteiger partial charge >= 0.3 is 10.2 Å². The van der Waals surface area contributed by atoms with E-state index in [1.165, 1.54) is 6.07 Å². The summed E-state index contributed by atoms with van der Waals surface area (Å²) in [6, 6.07) is 5.04. The molecule has 1 aromatic carbocycles. The van der Waals surface area contributed by atoms with Crippen LogP contribution in [0.4, 0.5) is 3.89 Å². The van der Waals surface area contributed by atoms with Gasteiger partial charge in [0.2, 0.25) is 0 Å². The molecular weight excluding hydrogens is 221 g/mol. The zero-order chi connectivity index (χ0) is 11.5. The van der Waals surface area contributed by atoms with Crippen LogP contribution in [0.25, 0.3) is 0 Å². The van der Waals surface area contributed by atoms with Crippen molar-refractivity contribution in [3.63, 3.8) is 0 Å². The molecule has 15 heavy (non-hydrogen) atoms. The van der Waals surface area contributed by atoms with E-state index in [-0.39, 0.29) is 17.9 Å². The second-order valence-corrected chi connectivity index (χ2v) is 3.99. The Morgan fingerprint density at radius 3 is 2.67 bits per heavy atom. The Bertz CT molecular complexity index is 505. The minimum absolute atomic E-state index is 0.0683. The van der Waals surface area contributed by atoms with E-state index in [4.69, 9.17) is 10.00 Å². The predicted octanol–water partition coefficient (Wildman–Crippen LogP) is 1.62. The Morgan fingerprint density at radius 2 is 2.20 bits per heavy atom. The van der Waals surface area contributed by atoms with Gasteiger partial charge in [-0.05, 0) is 19.1 Å². The monoisotopic (exact) mass is 229 g/mol. The van der Waals surface area contributed by atoms with Crippen LogP contribution in [0, 0.1) is 11.3 Å². The van der Waals surface area contributed by atoms with Crippen molar-refractivity contribution in [3.8, 4) is 11.8 Å². The summed E-state index contributed by atoms with van der Waals surface area (Å²) in [7, 11) is -4.76. The fourth-order valence-corrected chi connectivity index (χ4v) is 1.50. The molecule has 0 saturated heterocycles. The number of nitrogens with zero attached hydrogens (tertiary/aromatic N) is 1. The van der Waals surface area contributed by atoms with Crippen molar-refractivity contribution in [2.24, 2.45) is 0 Å². The summed E-state index contributed by atoms with van der Waals surface area (Å²) in [5.74, 6) is 0.0683. The van der Waals surface area contributed by atoms with Crippen molar-refractivity contribution in [1.82, 2.24) is 0 Å². The number of nitriles is 1. The van der Waals surface area contributed by atoms with E-state index < -0.39 is 15.1 Å². The van der Waals surface area contributed by atoms with Gasteiger partial charge in [-0.3, -0.25) is 0 Å². The zero-order valence-electron chi connectivity index (χ0n) is 7.90. The first-order chi connectivity index (χ1) is 6.99. The molecule has 0 aliphatic carbocycles. The molecule has 0 unspecified atom stereocenters. The third-order valence-electron chi connectivity index (χ3n) is 1.65. The summed E-state index contributed by atoms with van der Waals surface area (Å²) in [6.07, 6.45) is 0. The number of hydrogen-bond donors (Lipinski definition) is 0. The third-order valence-corrected chi connectivity index (χ3v) is 2.47. The van der Waals surface area contributed by atoms with E-state index in [1.54, 1.807) is 6.92 Å². The summed E-state index contributed by atoms with van der Waals surface area (Å²) in [6.45, 7) is 1.95. The molecule has 0 heterocycles. The Hall–Kier alpha value is -1.61. The molecule has 0 aliphatic rings. The molecule has 6 heteroatoms. The number of benzene rings is 1. The molecule has 80 valence electrons. The van der Waals surface area contributed by atoms with Gasteiger partial charge in [-0.15, -0.1) is 3.89 Å². The molecular formula is C9H8FNO3S. The second kappa shape index (κ2) is 4.28. The van der Waals surface area contributed by atoms with Crippen molar-refractivity contribution in [2.75, 3.05) is 6.61 Å². The molecule has 0 amide bonds. The molecule has 0 aliphatic heterocycles. The molecule has 0 bridgehead atoms. The molecule has 0 fully saturated rings. The first kappa shape index (κ1) is 11.5. The van der Waals surface area contributed by atoms with Crippen molar-refractivity contribution < 1.29 is 17.0 Å². The maximum absolute atomic E-state index is 12.6. The van der Waals surface area contributed by atoms with E-state index in [9.17, 15) is 12.3 Å². The minimum Gasteiger partial charge on any atom is -0.492 e. The Kier molecular flexibility index (Phi) is 3.27. The largest absolute Gasteiger partial charge is 0.492 e. The number of halogens is 1. The van der Waals surface area contributed by atoms with Gasteiger partial charge in [0.25, 0.3) is 0 Å². The lowest BCUT2D eigenvalue weighted by atomic mass is 10.2. The smallest absolute Gasteiger partial charge is 0.332 e. The molecule has 0 radical (unpaired) electrons. The van der Waals surface area contributed by atoms with Crippen LogP contribution in [-0.2, 0) is 10.2 Å². The van der Waals surface area contributed by atoms with E-state index in [1.807, 2.05) is 6.07 Å². The van der Waals surface area contributed by atoms with Crippen molar-refractivity contribution >= 4 is 10.2 Å². The van der Waals surface area contributed by atoms with Crippen LogP contribution in [0.3, 0.4) is 0 Å². The molecule has 1 rings (SSSR count). The fourth-order valence-electron chi connectivity index (χ4n) is 1.02. The highest BCUT2D eigenvalue weighted by atomic mass is 32.3. The van der Waals surface area contributed by atoms with E-state index in [0.29, 0.717) is 0 Å². The van der Waals surface area contributed by atoms with Crippen molar-refractivity contribution in [2.45, 2.75) is 11.8 Å². The molecule has 0 N–H and O–H groups in total. The van der Waals surface area contributed by atoms with E-state index in [2.05, 4.69) is 0 Å². The molecule has 0 atom stereocenters. The number of ether oxygens (including phenoxy) is 1. The van der Waals surface area contributed by atoms with Gasteiger partial charge in [0, 0.05) is 6.07 Å². The third kappa shape index (κ3) is 2.67. The van der Waals surface area contributed by atoms with Crippen LogP contribution in [0.1, 0.15) is 12.5 Å². The Labute approximate surface area is 87.1 Å². The maximum Gasteiger partial charge on any atom is 0.332 e. The lowest BCUT2D eigenvalue weighted by Crippen LogP contribution is -1.98. The summed E-state index contributed by atoms with van der Waals surface area (Å²) in [4.78, 5) is -0.509. The van der Waals surface area contributed by atoms with Gasteiger partial charge < -0.3 is 4.74 Å². The van der Waals surface area contributed by atoms with Gasteiger partial charge in [-0.1, -0.05) is 0 Å². The topological polar surface area (TPSA) is 67.2 Å². The summed E-state index contributed by atoms with van der Waals surface area (Å²) >= 11 is 0. The average molecular weight is 229 g/mol. The molecule has 4 nitrogen and oxygen atoms in total. The second-order valence-electron chi connectivity index (χ2n) is 2.64. The molecule has 0 aromatic heterocycles. The highest BCUT2D eigenvalue weighted by Gasteiger charge is 2.14. The first-order valence-corrected chi connectivity index (χ1v) is 5.49. The lowest BCUT2D eigenvalue weighted by molar-refractivity contribution is 0.338. The van der Waals surface area contributed by atoms with Gasteiger partial charge in [0.05, 0.1) is 12.2 Å². The fraction of sp³-hybridized carbons (Fsp3) is 0.222. The van der Waals surface area contributed by atoms with Gasteiger partial charge in [-0.2, -0.15) is 13.7 Å². The Balaban J connectivity index is 3.30. The predicted molar refractivity (Wildman–Crippen MR) is 50.6 cm³/mol. The summed E-state index contributed by atoms with van der Waals surface area (Å²) < 4.78 is 38.8. The summed E-state index contributed by atoms with van der Waals surface area (Å²) in [5, 5.41) is 8.67. The quantitative estimate of drug-likeness (QED) is 0.738. The number of hydrogen-bond acceptors (Lipinski definition) is 4. The van der Waals surface area contributed by atoms with Crippen LogP contribution in [0.15, 0.2) is 23.1 Å². The van der Waals surface area contributed by atoms with Gasteiger partial charge in [-0.25, -0.2) is 0 Å². The van der Waals surface area contributed by atoms with Gasteiger partial charge in [0.15, 0.2) is 0 Å². The van der Waals surface area contributed by atoms with Gasteiger partial charge in [0.1, 0.15) is 16.7 Å². The SMILES string of the molecule is CCOc1cc(S(=O)(=O)F)ccc1C#N. The highest BCUT2D eigenvalue weighted by Crippen LogP contribution is 2.23. The normalized spacial score (nSPS) is 10.7. The standard InChI is InChI=1S/C9H8FNO3S/c1-2-14-9-5-8(15(10,12)13)4-3-7(9)6-11/h3-5H,2H2,1H3. The number of rotatable bonds is 3. The molecule has 0 spiro atoms. The maximum atomic E-state index is 12.6. The van der Waals surface area contributed by atoms with Crippen LogP contribution < -0.4 is 4.74 Å². The summed E-state index contributed by atoms with van der Waals surface area (Å²) in [5.41, 5.74) is 0.171. The minimum atomic E-state index is -4.76. The van der Waals surface area contributed by atoms with Crippen LogP contribution in [0.2, 0.25) is 0 Å². The van der Waals surface area contributed by atoms with Crippen molar-refractivity contribution in [3.05, 3.63) is 23.8 Å². The van der Waals surface area contributed by atoms with E-state index in [0.717, 1.165) is 12.1 Å².